The van der Waals surface area contributed by atoms with Gasteiger partial charge in [-0.1, -0.05) is 48.2 Å². The van der Waals surface area contributed by atoms with E-state index in [0.29, 0.717) is 18.7 Å². The van der Waals surface area contributed by atoms with Crippen LogP contribution in [0.3, 0.4) is 0 Å². The fourth-order valence-electron chi connectivity index (χ4n) is 4.05. The second-order valence-electron chi connectivity index (χ2n) is 8.71. The highest BCUT2D eigenvalue weighted by Gasteiger charge is 2.13. The van der Waals surface area contributed by atoms with Crippen molar-refractivity contribution in [3.8, 4) is 5.75 Å². The Bertz CT molecular complexity index is 1520. The smallest absolute Gasteiger partial charge is 0.251 e. The molecule has 0 saturated heterocycles. The first-order valence-electron chi connectivity index (χ1n) is 12.2. The van der Waals surface area contributed by atoms with Crippen molar-refractivity contribution in [3.05, 3.63) is 114 Å². The first-order valence-corrected chi connectivity index (χ1v) is 14.4. The number of carbonyl (C=O) groups excluding carboxylic acids is 1. The number of ether oxygens (including phenoxy) is 1. The maximum atomic E-state index is 12.7. The van der Waals surface area contributed by atoms with Gasteiger partial charge in [0.1, 0.15) is 5.75 Å². The maximum absolute atomic E-state index is 12.7. The molecule has 0 aliphatic carbocycles. The number of nitrogens with zero attached hydrogens (tertiary/aromatic N) is 3. The van der Waals surface area contributed by atoms with Gasteiger partial charge >= 0.3 is 0 Å². The molecule has 6 nitrogen and oxygen atoms in total. The highest BCUT2D eigenvalue weighted by molar-refractivity contribution is 7.98. The molecule has 1 N–H and O–H groups in total. The summed E-state index contributed by atoms with van der Waals surface area (Å²) in [6.45, 7) is 1.13. The summed E-state index contributed by atoms with van der Waals surface area (Å²) in [7, 11) is 1.67. The normalized spacial score (nSPS) is 11.0. The van der Waals surface area contributed by atoms with Gasteiger partial charge in [0, 0.05) is 29.0 Å². The van der Waals surface area contributed by atoms with Gasteiger partial charge in [-0.25, -0.2) is 4.98 Å². The van der Waals surface area contributed by atoms with Crippen LogP contribution in [0.15, 0.2) is 101 Å². The first-order chi connectivity index (χ1) is 18.6. The van der Waals surface area contributed by atoms with Gasteiger partial charge in [0.15, 0.2) is 5.16 Å². The summed E-state index contributed by atoms with van der Waals surface area (Å²) < 4.78 is 7.45. The zero-order chi connectivity index (χ0) is 26.3. The number of hydrogen-bond acceptors (Lipinski definition) is 6. The fourth-order valence-corrected chi connectivity index (χ4v) is 5.43. The summed E-state index contributed by atoms with van der Waals surface area (Å²) in [4.78, 5) is 23.1. The lowest BCUT2D eigenvalue weighted by Crippen LogP contribution is -2.22. The van der Waals surface area contributed by atoms with E-state index in [1.807, 2.05) is 60.8 Å². The van der Waals surface area contributed by atoms with Crippen molar-refractivity contribution in [2.75, 3.05) is 13.4 Å². The van der Waals surface area contributed by atoms with Crippen LogP contribution in [-0.4, -0.2) is 33.8 Å². The van der Waals surface area contributed by atoms with Crippen LogP contribution in [0.2, 0.25) is 0 Å². The second-order valence-corrected chi connectivity index (χ2v) is 10.5. The summed E-state index contributed by atoms with van der Waals surface area (Å²) in [6, 6.07) is 26.0. The lowest BCUT2D eigenvalue weighted by molar-refractivity contribution is 0.0951. The highest BCUT2D eigenvalue weighted by atomic mass is 32.2. The Balaban J connectivity index is 1.27. The molecular formula is C30H28N4O2S2. The summed E-state index contributed by atoms with van der Waals surface area (Å²) in [5.74, 6) is 1.55. The Morgan fingerprint density at radius 3 is 2.34 bits per heavy atom. The molecule has 0 unspecified atom stereocenters. The zero-order valence-electron chi connectivity index (χ0n) is 21.3. The van der Waals surface area contributed by atoms with Crippen LogP contribution >= 0.6 is 23.5 Å². The molecule has 0 spiro atoms. The van der Waals surface area contributed by atoms with Crippen molar-refractivity contribution < 1.29 is 9.53 Å². The molecule has 8 heteroatoms. The van der Waals surface area contributed by atoms with E-state index in [9.17, 15) is 4.79 Å². The quantitative estimate of drug-likeness (QED) is 0.206. The molecule has 0 saturated carbocycles. The molecule has 192 valence electrons. The maximum Gasteiger partial charge on any atom is 0.251 e. The van der Waals surface area contributed by atoms with Crippen LogP contribution in [-0.2, 0) is 18.8 Å². The average molecular weight is 541 g/mol. The van der Waals surface area contributed by atoms with Crippen LogP contribution in [0.1, 0.15) is 27.0 Å². The zero-order valence-corrected chi connectivity index (χ0v) is 22.9. The third-order valence-electron chi connectivity index (χ3n) is 6.21. The molecule has 38 heavy (non-hydrogen) atoms. The number of fused-ring (bicyclic) bond motifs is 1. The Morgan fingerprint density at radius 2 is 1.63 bits per heavy atom. The Labute approximate surface area is 230 Å². The number of nitrogens with one attached hydrogen (secondary N) is 1. The number of pyridine rings is 1. The van der Waals surface area contributed by atoms with E-state index >= 15 is 0 Å². The molecule has 3 aromatic carbocycles. The lowest BCUT2D eigenvalue weighted by Gasteiger charge is -2.11. The van der Waals surface area contributed by atoms with Gasteiger partial charge in [0.25, 0.3) is 5.91 Å². The minimum atomic E-state index is -0.0847. The van der Waals surface area contributed by atoms with Crippen molar-refractivity contribution in [2.45, 2.75) is 28.9 Å². The minimum absolute atomic E-state index is 0.0847. The summed E-state index contributed by atoms with van der Waals surface area (Å²) in [6.07, 6.45) is 5.67. The van der Waals surface area contributed by atoms with E-state index in [-0.39, 0.29) is 5.91 Å². The number of benzene rings is 3. The molecule has 0 radical (unpaired) electrons. The molecule has 1 amide bonds. The third-order valence-corrected chi connectivity index (χ3v) is 8.00. The summed E-state index contributed by atoms with van der Waals surface area (Å²) in [5.41, 5.74) is 5.90. The van der Waals surface area contributed by atoms with Crippen molar-refractivity contribution in [3.63, 3.8) is 0 Å². The van der Waals surface area contributed by atoms with E-state index in [4.69, 9.17) is 9.72 Å². The number of hydrogen-bond donors (Lipinski definition) is 1. The summed E-state index contributed by atoms with van der Waals surface area (Å²) in [5, 5.41) is 3.94. The van der Waals surface area contributed by atoms with Gasteiger partial charge < -0.3 is 14.6 Å². The molecular weight excluding hydrogens is 512 g/mol. The number of amides is 1. The van der Waals surface area contributed by atoms with Gasteiger partial charge in [0.05, 0.1) is 30.9 Å². The van der Waals surface area contributed by atoms with Crippen molar-refractivity contribution >= 4 is 40.5 Å². The third kappa shape index (κ3) is 6.20. The number of aromatic nitrogens is 3. The minimum Gasteiger partial charge on any atom is -0.497 e. The topological polar surface area (TPSA) is 69.0 Å². The number of carbonyl (C=O) groups is 1. The number of imidazole rings is 1. The van der Waals surface area contributed by atoms with E-state index < -0.39 is 0 Å². The first kappa shape index (κ1) is 25.9. The van der Waals surface area contributed by atoms with Gasteiger partial charge in [-0.3, -0.25) is 9.78 Å². The largest absolute Gasteiger partial charge is 0.497 e. The molecule has 5 aromatic rings. The molecule has 0 bridgehead atoms. The summed E-state index contributed by atoms with van der Waals surface area (Å²) >= 11 is 3.39. The molecule has 0 aliphatic rings. The Kier molecular flexibility index (Phi) is 8.31. The van der Waals surface area contributed by atoms with Gasteiger partial charge in [-0.15, -0.1) is 11.8 Å². The van der Waals surface area contributed by atoms with E-state index in [1.54, 1.807) is 36.8 Å². The van der Waals surface area contributed by atoms with Crippen LogP contribution in [0.4, 0.5) is 0 Å². The molecule has 0 atom stereocenters. The van der Waals surface area contributed by atoms with E-state index in [0.717, 1.165) is 38.8 Å². The number of thioether (sulfide) groups is 2. The number of rotatable bonds is 10. The molecule has 2 aromatic heterocycles. The van der Waals surface area contributed by atoms with Crippen LogP contribution in [0, 0.1) is 0 Å². The predicted octanol–water partition coefficient (Wildman–Crippen LogP) is 6.43. The Hall–Kier alpha value is -3.75. The SMILES string of the molecule is COc1ccc(CSc2nc3ccncc3n2Cc2ccc(C(=O)NCc3ccc(SC)cc3)cc2)cc1. The standard InChI is InChI=1S/C30H28N4O2S2/c1-36-25-11-5-23(6-12-25)20-38-30-33-27-15-16-31-18-28(27)34(30)19-22-3-9-24(10-4-22)29(35)32-17-21-7-13-26(37-2)14-8-21/h3-16,18H,17,19-20H2,1-2H3,(H,32,35). The highest BCUT2D eigenvalue weighted by Crippen LogP contribution is 2.28. The Morgan fingerprint density at radius 1 is 0.921 bits per heavy atom. The van der Waals surface area contributed by atoms with Crippen LogP contribution in [0.25, 0.3) is 11.0 Å². The van der Waals surface area contributed by atoms with Gasteiger partial charge in [-0.2, -0.15) is 0 Å². The van der Waals surface area contributed by atoms with Crippen molar-refractivity contribution in [1.82, 2.24) is 19.9 Å². The van der Waals surface area contributed by atoms with Gasteiger partial charge in [-0.05, 0) is 65.4 Å². The van der Waals surface area contributed by atoms with Crippen molar-refractivity contribution in [2.24, 2.45) is 0 Å². The molecule has 5 rings (SSSR count). The predicted molar refractivity (Wildman–Crippen MR) is 155 cm³/mol. The monoisotopic (exact) mass is 540 g/mol. The van der Waals surface area contributed by atoms with E-state index in [2.05, 4.69) is 45.4 Å². The second kappa shape index (κ2) is 12.2. The number of methoxy groups -OCH3 is 1. The van der Waals surface area contributed by atoms with Gasteiger partial charge in [0.2, 0.25) is 0 Å². The lowest BCUT2D eigenvalue weighted by atomic mass is 10.1. The van der Waals surface area contributed by atoms with E-state index in [1.165, 1.54) is 10.5 Å². The average Bonchev–Trinajstić information content (AvgIpc) is 3.32. The fraction of sp³-hybridized carbons (Fsp3) is 0.167. The molecule has 2 heterocycles. The molecule has 0 aliphatic heterocycles. The van der Waals surface area contributed by atoms with Crippen LogP contribution in [0.5, 0.6) is 5.75 Å². The molecule has 0 fully saturated rings. The van der Waals surface area contributed by atoms with Crippen LogP contribution < -0.4 is 10.1 Å². The van der Waals surface area contributed by atoms with Crippen molar-refractivity contribution in [1.29, 1.82) is 0 Å².